The molecule has 1 fully saturated rings. The van der Waals surface area contributed by atoms with Crippen LogP contribution in [0.4, 0.5) is 23.1 Å². The number of hydrogen-bond acceptors (Lipinski definition) is 7. The Morgan fingerprint density at radius 3 is 2.56 bits per heavy atom. The minimum Gasteiger partial charge on any atom is -0.354 e. The smallest absolute Gasteiger partial charge is 0.248 e. The summed E-state index contributed by atoms with van der Waals surface area (Å²) < 4.78 is 0. The Balaban J connectivity index is 1.38. The van der Waals surface area contributed by atoms with Crippen molar-refractivity contribution in [3.63, 3.8) is 0 Å². The topological polar surface area (TPSA) is 86.3 Å². The molecule has 0 saturated carbocycles. The summed E-state index contributed by atoms with van der Waals surface area (Å²) in [6.45, 7) is 5.86. The zero-order chi connectivity index (χ0) is 24.9. The Morgan fingerprint density at radius 1 is 0.944 bits per heavy atom. The molecule has 5 rings (SSSR count). The van der Waals surface area contributed by atoms with Gasteiger partial charge in [0.05, 0.1) is 17.4 Å². The molecule has 2 aromatic carbocycles. The highest BCUT2D eigenvalue weighted by Gasteiger charge is 2.15. The van der Waals surface area contributed by atoms with Crippen LogP contribution in [0.15, 0.2) is 79.1 Å². The highest BCUT2D eigenvalue weighted by atomic mass is 16.1. The third-order valence-corrected chi connectivity index (χ3v) is 6.20. The molecule has 1 aliphatic heterocycles. The number of para-hydroxylation sites is 1. The lowest BCUT2D eigenvalue weighted by molar-refractivity contribution is -0.111. The number of piperazine rings is 1. The molecule has 4 aromatic rings. The number of fused-ring (bicyclic) bond motifs is 1. The second-order valence-corrected chi connectivity index (χ2v) is 8.83. The van der Waals surface area contributed by atoms with Crippen molar-refractivity contribution in [1.29, 1.82) is 0 Å². The molecule has 3 heterocycles. The lowest BCUT2D eigenvalue weighted by atomic mass is 10.0. The summed E-state index contributed by atoms with van der Waals surface area (Å²) in [6.07, 6.45) is 6.86. The van der Waals surface area contributed by atoms with Crippen molar-refractivity contribution in [1.82, 2.24) is 19.9 Å². The third kappa shape index (κ3) is 5.34. The van der Waals surface area contributed by atoms with E-state index in [0.717, 1.165) is 65.4 Å². The Hall–Kier alpha value is -4.30. The lowest BCUT2D eigenvalue weighted by Gasteiger charge is -2.33. The van der Waals surface area contributed by atoms with Crippen molar-refractivity contribution in [3.05, 3.63) is 79.1 Å². The van der Waals surface area contributed by atoms with Crippen LogP contribution in [-0.2, 0) is 4.79 Å². The van der Waals surface area contributed by atoms with Crippen LogP contribution in [0.25, 0.3) is 22.0 Å². The van der Waals surface area contributed by atoms with Gasteiger partial charge in [-0.1, -0.05) is 36.4 Å². The van der Waals surface area contributed by atoms with E-state index in [9.17, 15) is 4.79 Å². The molecule has 1 amide bonds. The second-order valence-electron chi connectivity index (χ2n) is 8.83. The summed E-state index contributed by atoms with van der Waals surface area (Å²) in [5.74, 6) is 1.33. The number of amides is 1. The first-order valence-corrected chi connectivity index (χ1v) is 12.1. The van der Waals surface area contributed by atoms with Crippen molar-refractivity contribution in [2.45, 2.75) is 6.92 Å². The molecule has 0 atom stereocenters. The lowest BCUT2D eigenvalue weighted by Crippen LogP contribution is -2.44. The van der Waals surface area contributed by atoms with Crippen LogP contribution in [0.1, 0.15) is 6.92 Å². The molecule has 1 aliphatic rings. The fourth-order valence-corrected chi connectivity index (χ4v) is 4.26. The van der Waals surface area contributed by atoms with Crippen LogP contribution < -0.4 is 15.5 Å². The van der Waals surface area contributed by atoms with Crippen LogP contribution in [-0.4, -0.2) is 59.0 Å². The number of carbonyl (C=O) groups is 1. The van der Waals surface area contributed by atoms with Crippen LogP contribution in [0, 0.1) is 0 Å². The first-order valence-electron chi connectivity index (χ1n) is 12.1. The van der Waals surface area contributed by atoms with Crippen LogP contribution in [0.5, 0.6) is 0 Å². The number of anilines is 4. The summed E-state index contributed by atoms with van der Waals surface area (Å²) in [6, 6.07) is 17.8. The largest absolute Gasteiger partial charge is 0.354 e. The van der Waals surface area contributed by atoms with Gasteiger partial charge in [0.15, 0.2) is 0 Å². The first kappa shape index (κ1) is 23.4. The Bertz CT molecular complexity index is 1390. The van der Waals surface area contributed by atoms with E-state index in [1.165, 1.54) is 6.08 Å². The number of aromatic nitrogens is 3. The van der Waals surface area contributed by atoms with Crippen molar-refractivity contribution < 1.29 is 4.79 Å². The molecule has 36 heavy (non-hydrogen) atoms. The van der Waals surface area contributed by atoms with E-state index in [1.807, 2.05) is 73.9 Å². The highest BCUT2D eigenvalue weighted by Crippen LogP contribution is 2.30. The number of nitrogens with one attached hydrogen (secondary N) is 2. The number of rotatable bonds is 6. The zero-order valence-electron chi connectivity index (χ0n) is 20.5. The second kappa shape index (κ2) is 10.5. The predicted molar refractivity (Wildman–Crippen MR) is 146 cm³/mol. The quantitative estimate of drug-likeness (QED) is 0.388. The van der Waals surface area contributed by atoms with Gasteiger partial charge >= 0.3 is 0 Å². The van der Waals surface area contributed by atoms with Crippen molar-refractivity contribution in [2.24, 2.45) is 0 Å². The van der Waals surface area contributed by atoms with Gasteiger partial charge in [-0.3, -0.25) is 4.79 Å². The number of nitrogens with zero attached hydrogens (tertiary/aromatic N) is 5. The molecule has 0 unspecified atom stereocenters. The van der Waals surface area contributed by atoms with Gasteiger partial charge < -0.3 is 20.4 Å². The fourth-order valence-electron chi connectivity index (χ4n) is 4.26. The van der Waals surface area contributed by atoms with Crippen molar-refractivity contribution in [2.75, 3.05) is 48.8 Å². The van der Waals surface area contributed by atoms with E-state index in [2.05, 4.69) is 37.4 Å². The molecule has 0 bridgehead atoms. The number of pyridine rings is 1. The van der Waals surface area contributed by atoms with E-state index in [1.54, 1.807) is 6.08 Å². The van der Waals surface area contributed by atoms with E-state index in [-0.39, 0.29) is 5.91 Å². The Kier molecular flexibility index (Phi) is 6.86. The van der Waals surface area contributed by atoms with Gasteiger partial charge in [0.1, 0.15) is 5.82 Å². The minimum atomic E-state index is -0.159. The van der Waals surface area contributed by atoms with Crippen molar-refractivity contribution >= 4 is 40.0 Å². The summed E-state index contributed by atoms with van der Waals surface area (Å²) in [5.41, 5.74) is 4.31. The number of likely N-dealkylation sites (N-methyl/N-ethyl adjacent to an activating group) is 1. The normalized spacial score (nSPS) is 14.3. The molecular weight excluding hydrogens is 450 g/mol. The number of benzene rings is 2. The van der Waals surface area contributed by atoms with E-state index in [0.29, 0.717) is 5.95 Å². The Morgan fingerprint density at radius 2 is 1.78 bits per heavy atom. The molecule has 2 aromatic heterocycles. The molecule has 1 saturated heterocycles. The summed E-state index contributed by atoms with van der Waals surface area (Å²) in [4.78, 5) is 30.6. The van der Waals surface area contributed by atoms with Gasteiger partial charge in [0.2, 0.25) is 11.9 Å². The maximum absolute atomic E-state index is 12.0. The fraction of sp³-hybridized carbons (Fsp3) is 0.214. The summed E-state index contributed by atoms with van der Waals surface area (Å²) in [7, 11) is 2.15. The van der Waals surface area contributed by atoms with Crippen molar-refractivity contribution in [3.8, 4) is 11.1 Å². The third-order valence-electron chi connectivity index (χ3n) is 6.20. The number of carbonyl (C=O) groups excluding carboxylic acids is 1. The molecule has 0 radical (unpaired) electrons. The Labute approximate surface area is 210 Å². The number of allylic oxidation sites excluding steroid dienone is 1. The summed E-state index contributed by atoms with van der Waals surface area (Å²) >= 11 is 0. The summed E-state index contributed by atoms with van der Waals surface area (Å²) in [5, 5.41) is 7.11. The molecular formula is C28H29N7O. The first-order chi connectivity index (χ1) is 17.6. The van der Waals surface area contributed by atoms with Crippen LogP contribution in [0.3, 0.4) is 0 Å². The van der Waals surface area contributed by atoms with Crippen LogP contribution >= 0.6 is 0 Å². The van der Waals surface area contributed by atoms with Gasteiger partial charge in [-0.15, -0.1) is 0 Å². The minimum absolute atomic E-state index is 0.159. The van der Waals surface area contributed by atoms with E-state index < -0.39 is 0 Å². The molecule has 182 valence electrons. The van der Waals surface area contributed by atoms with Gasteiger partial charge in [0.25, 0.3) is 0 Å². The molecule has 2 N–H and O–H groups in total. The zero-order valence-corrected chi connectivity index (χ0v) is 20.5. The SMILES string of the molecule is C/C=C\C(=O)Nc1cccc(-c2cccc3cnc(Nc4ccc(N5CCN(C)CC5)nc4)nc23)c1. The average molecular weight is 480 g/mol. The van der Waals surface area contributed by atoms with E-state index >= 15 is 0 Å². The number of hydrogen-bond donors (Lipinski definition) is 2. The van der Waals surface area contributed by atoms with E-state index in [4.69, 9.17) is 4.98 Å². The molecule has 8 heteroatoms. The monoisotopic (exact) mass is 479 g/mol. The molecule has 0 aliphatic carbocycles. The molecule has 8 nitrogen and oxygen atoms in total. The average Bonchev–Trinajstić information content (AvgIpc) is 2.89. The van der Waals surface area contributed by atoms with Gasteiger partial charge in [-0.2, -0.15) is 0 Å². The van der Waals surface area contributed by atoms with Gasteiger partial charge in [-0.05, 0) is 49.9 Å². The highest BCUT2D eigenvalue weighted by molar-refractivity contribution is 6.00. The standard InChI is InChI=1S/C28H29N7O/c1-3-6-26(36)31-22-9-4-7-20(17-22)24-10-5-8-21-18-30-28(33-27(21)24)32-23-11-12-25(29-19-23)35-15-13-34(2)14-16-35/h3-12,17-19H,13-16H2,1-2H3,(H,31,36)(H,30,32,33)/b6-3-. The van der Waals surface area contributed by atoms with Gasteiger partial charge in [0, 0.05) is 49.0 Å². The maximum Gasteiger partial charge on any atom is 0.248 e. The van der Waals surface area contributed by atoms with Gasteiger partial charge in [-0.25, -0.2) is 15.0 Å². The predicted octanol–water partition coefficient (Wildman–Crippen LogP) is 4.70. The van der Waals surface area contributed by atoms with Crippen LogP contribution in [0.2, 0.25) is 0 Å². The maximum atomic E-state index is 12.0. The molecule has 0 spiro atoms.